The van der Waals surface area contributed by atoms with Crippen LogP contribution in [-0.2, 0) is 4.57 Å². The Morgan fingerprint density at radius 3 is 1.56 bits per heavy atom. The maximum Gasteiger partial charge on any atom is 0.262 e. The Balaban J connectivity index is 2.25. The molecule has 0 aliphatic heterocycles. The summed E-state index contributed by atoms with van der Waals surface area (Å²) in [5.41, 5.74) is 0.106. The Hall–Kier alpha value is -2.71. The van der Waals surface area contributed by atoms with Gasteiger partial charge < -0.3 is 4.57 Å². The van der Waals surface area contributed by atoms with E-state index in [1.165, 1.54) is 0 Å². The van der Waals surface area contributed by atoms with E-state index in [0.29, 0.717) is 10.6 Å². The fourth-order valence-electron chi connectivity index (χ4n) is 3.06. The van der Waals surface area contributed by atoms with Crippen molar-refractivity contribution in [3.05, 3.63) is 101 Å². The minimum absolute atomic E-state index is 0.129. The summed E-state index contributed by atoms with van der Waals surface area (Å²) in [5.74, 6) is 0. The quantitative estimate of drug-likeness (QED) is 0.540. The van der Waals surface area contributed by atoms with Crippen molar-refractivity contribution in [1.82, 2.24) is 0 Å². The monoisotopic (exact) mass is 352 g/mol. The third-order valence-corrected chi connectivity index (χ3v) is 7.70. The van der Waals surface area contributed by atoms with Crippen molar-refractivity contribution in [3.63, 3.8) is 0 Å². The second-order valence-corrected chi connectivity index (χ2v) is 8.76. The lowest BCUT2D eigenvalue weighted by Gasteiger charge is -2.26. The molecule has 0 saturated heterocycles. The topological polar surface area (TPSA) is 57.4 Å². The van der Waals surface area contributed by atoms with Gasteiger partial charge in [-0.05, 0) is 5.56 Å². The number of rotatable bonds is 6. The molecular weight excluding hydrogens is 333 g/mol. The third kappa shape index (κ3) is 3.54. The standard InChI is InChI=1S/C20H19NO3P/c22-21(23)16-20(17-10-4-1-5-11-17)25(24,18-12-6-2-7-13-18)19-14-8-3-9-15-19/h1-15,20H,16H2,(H,22,23)/q+1. The average molecular weight is 352 g/mol. The first-order valence-corrected chi connectivity index (χ1v) is 9.79. The number of hydrogen-bond donors (Lipinski definition) is 1. The van der Waals surface area contributed by atoms with Gasteiger partial charge in [0, 0.05) is 10.6 Å². The molecule has 4 nitrogen and oxygen atoms in total. The second-order valence-electron chi connectivity index (χ2n) is 5.79. The maximum absolute atomic E-state index is 14.4. The Bertz CT molecular complexity index is 839. The Morgan fingerprint density at radius 2 is 1.16 bits per heavy atom. The molecule has 3 aromatic rings. The first-order valence-electron chi connectivity index (χ1n) is 8.02. The molecule has 0 amide bonds. The molecule has 1 N–H and O–H groups in total. The van der Waals surface area contributed by atoms with Crippen LogP contribution in [0.2, 0.25) is 0 Å². The first-order chi connectivity index (χ1) is 12.1. The molecule has 5 heteroatoms. The minimum Gasteiger partial charge on any atom is -0.313 e. The lowest BCUT2D eigenvalue weighted by molar-refractivity contribution is -0.790. The van der Waals surface area contributed by atoms with Crippen LogP contribution in [0.1, 0.15) is 11.2 Å². The zero-order valence-electron chi connectivity index (χ0n) is 13.6. The highest BCUT2D eigenvalue weighted by Gasteiger charge is 2.42. The molecule has 25 heavy (non-hydrogen) atoms. The van der Waals surface area contributed by atoms with Crippen molar-refractivity contribution in [3.8, 4) is 0 Å². The van der Waals surface area contributed by atoms with E-state index in [1.807, 2.05) is 91.0 Å². The number of hydrogen-bond acceptors (Lipinski definition) is 2. The van der Waals surface area contributed by atoms with Gasteiger partial charge in [0.05, 0.1) is 4.91 Å². The molecule has 3 aromatic carbocycles. The molecule has 0 aliphatic carbocycles. The van der Waals surface area contributed by atoms with Crippen molar-refractivity contribution in [2.75, 3.05) is 6.54 Å². The molecule has 0 bridgehead atoms. The highest BCUT2D eigenvalue weighted by Crippen LogP contribution is 2.57. The lowest BCUT2D eigenvalue weighted by atomic mass is 10.1. The van der Waals surface area contributed by atoms with Crippen molar-refractivity contribution in [2.45, 2.75) is 5.66 Å². The summed E-state index contributed by atoms with van der Waals surface area (Å²) in [7, 11) is -3.21. The predicted octanol–water partition coefficient (Wildman–Crippen LogP) is 3.91. The van der Waals surface area contributed by atoms with Crippen LogP contribution in [0.15, 0.2) is 91.0 Å². The Kier molecular flexibility index (Phi) is 5.11. The van der Waals surface area contributed by atoms with Crippen molar-refractivity contribution in [1.29, 1.82) is 0 Å². The SMILES string of the molecule is O=[N+](O)CC(c1ccccc1)P(=O)(c1ccccc1)c1ccccc1. The first kappa shape index (κ1) is 17.1. The molecule has 0 aliphatic rings. The van der Waals surface area contributed by atoms with Crippen LogP contribution in [0.25, 0.3) is 0 Å². The molecule has 3 rings (SSSR count). The van der Waals surface area contributed by atoms with Gasteiger partial charge in [-0.3, -0.25) is 0 Å². The van der Waals surface area contributed by atoms with Crippen LogP contribution in [0, 0.1) is 4.91 Å². The summed E-state index contributed by atoms with van der Waals surface area (Å²) in [5, 5.41) is 10.7. The van der Waals surface area contributed by atoms with E-state index in [0.717, 1.165) is 5.56 Å². The summed E-state index contributed by atoms with van der Waals surface area (Å²) < 4.78 is 14.4. The van der Waals surface area contributed by atoms with Gasteiger partial charge in [-0.15, -0.1) is 0 Å². The predicted molar refractivity (Wildman–Crippen MR) is 99.2 cm³/mol. The van der Waals surface area contributed by atoms with E-state index in [1.54, 1.807) is 0 Å². The molecule has 1 unspecified atom stereocenters. The molecule has 0 fully saturated rings. The van der Waals surface area contributed by atoms with Crippen LogP contribution in [-0.4, -0.2) is 16.7 Å². The fraction of sp³-hybridized carbons (Fsp3) is 0.100. The largest absolute Gasteiger partial charge is 0.313 e. The van der Waals surface area contributed by atoms with Gasteiger partial charge in [-0.2, -0.15) is 0 Å². The Labute approximate surface area is 146 Å². The molecule has 0 saturated carbocycles. The summed E-state index contributed by atoms with van der Waals surface area (Å²) in [6, 6.07) is 27.6. The van der Waals surface area contributed by atoms with Gasteiger partial charge in [0.2, 0.25) is 4.92 Å². The van der Waals surface area contributed by atoms with Crippen molar-refractivity contribution in [2.24, 2.45) is 0 Å². The molecule has 0 aromatic heterocycles. The maximum atomic E-state index is 14.4. The average Bonchev–Trinajstić information content (AvgIpc) is 2.67. The third-order valence-electron chi connectivity index (χ3n) is 4.23. The molecule has 0 radical (unpaired) electrons. The van der Waals surface area contributed by atoms with E-state index in [9.17, 15) is 14.7 Å². The molecule has 126 valence electrons. The van der Waals surface area contributed by atoms with Gasteiger partial charge in [0.25, 0.3) is 6.54 Å². The summed E-state index contributed by atoms with van der Waals surface area (Å²) in [4.78, 5) is 11.4. The van der Waals surface area contributed by atoms with Crippen LogP contribution >= 0.6 is 7.14 Å². The van der Waals surface area contributed by atoms with Gasteiger partial charge in [0.1, 0.15) is 5.66 Å². The highest BCUT2D eigenvalue weighted by molar-refractivity contribution is 7.79. The van der Waals surface area contributed by atoms with E-state index < -0.39 is 12.8 Å². The van der Waals surface area contributed by atoms with E-state index in [-0.39, 0.29) is 11.5 Å². The van der Waals surface area contributed by atoms with Gasteiger partial charge in [-0.25, -0.2) is 5.21 Å². The zero-order chi connectivity index (χ0) is 17.7. The molecule has 1 atom stereocenters. The second kappa shape index (κ2) is 7.45. The zero-order valence-corrected chi connectivity index (χ0v) is 14.5. The van der Waals surface area contributed by atoms with E-state index in [2.05, 4.69) is 0 Å². The normalized spacial score (nSPS) is 12.5. The van der Waals surface area contributed by atoms with Crippen LogP contribution in [0.3, 0.4) is 0 Å². The van der Waals surface area contributed by atoms with Crippen molar-refractivity contribution < 1.29 is 14.7 Å². The van der Waals surface area contributed by atoms with E-state index in [4.69, 9.17) is 0 Å². The van der Waals surface area contributed by atoms with Gasteiger partial charge >= 0.3 is 0 Å². The smallest absolute Gasteiger partial charge is 0.262 e. The summed E-state index contributed by atoms with van der Waals surface area (Å²) in [6.45, 7) is -0.273. The highest BCUT2D eigenvalue weighted by atomic mass is 31.2. The number of benzene rings is 3. The molecule has 0 spiro atoms. The molecular formula is C20H19NO3P+. The van der Waals surface area contributed by atoms with Crippen molar-refractivity contribution >= 4 is 17.8 Å². The molecule has 0 heterocycles. The Morgan fingerprint density at radius 1 is 0.760 bits per heavy atom. The lowest BCUT2D eigenvalue weighted by Crippen LogP contribution is -2.26. The summed E-state index contributed by atoms with van der Waals surface area (Å²) in [6.07, 6.45) is 0. The van der Waals surface area contributed by atoms with Crippen LogP contribution < -0.4 is 10.6 Å². The van der Waals surface area contributed by atoms with Crippen LogP contribution in [0.4, 0.5) is 0 Å². The van der Waals surface area contributed by atoms with Crippen LogP contribution in [0.5, 0.6) is 0 Å². The van der Waals surface area contributed by atoms with Gasteiger partial charge in [0.15, 0.2) is 7.14 Å². The minimum atomic E-state index is -3.21. The van der Waals surface area contributed by atoms with E-state index >= 15 is 0 Å². The summed E-state index contributed by atoms with van der Waals surface area (Å²) >= 11 is 0. The number of nitrogens with zero attached hydrogens (tertiary/aromatic N) is 1. The fourth-order valence-corrected chi connectivity index (χ4v) is 6.27. The van der Waals surface area contributed by atoms with Gasteiger partial charge in [-0.1, -0.05) is 91.0 Å².